The maximum Gasteiger partial charge on any atom is 0.192 e. The van der Waals surface area contributed by atoms with Crippen LogP contribution < -0.4 is 4.74 Å². The Morgan fingerprint density at radius 1 is 1.00 bits per heavy atom. The summed E-state index contributed by atoms with van der Waals surface area (Å²) in [6, 6.07) is 24.5. The van der Waals surface area contributed by atoms with Gasteiger partial charge in [0.15, 0.2) is 11.5 Å². The van der Waals surface area contributed by atoms with E-state index in [9.17, 15) is 9.90 Å². The van der Waals surface area contributed by atoms with Gasteiger partial charge in [-0.25, -0.2) is 4.98 Å². The van der Waals surface area contributed by atoms with Gasteiger partial charge in [-0.1, -0.05) is 54.6 Å². The zero-order chi connectivity index (χ0) is 22.8. The summed E-state index contributed by atoms with van der Waals surface area (Å²) in [7, 11) is 1.61. The lowest BCUT2D eigenvalue weighted by molar-refractivity contribution is 0.0978. The summed E-state index contributed by atoms with van der Waals surface area (Å²) in [4.78, 5) is 21.0. The first-order valence-electron chi connectivity index (χ1n) is 10.6. The molecule has 0 bridgehead atoms. The van der Waals surface area contributed by atoms with Crippen molar-refractivity contribution >= 4 is 16.8 Å². The van der Waals surface area contributed by atoms with Crippen LogP contribution in [0.15, 0.2) is 78.9 Å². The largest absolute Gasteiger partial charge is 0.504 e. The van der Waals surface area contributed by atoms with Gasteiger partial charge < -0.3 is 14.8 Å². The van der Waals surface area contributed by atoms with Crippen molar-refractivity contribution in [3.63, 3.8) is 0 Å². The Morgan fingerprint density at radius 3 is 2.45 bits per heavy atom. The smallest absolute Gasteiger partial charge is 0.192 e. The van der Waals surface area contributed by atoms with Gasteiger partial charge in [0.25, 0.3) is 0 Å². The van der Waals surface area contributed by atoms with Crippen LogP contribution in [0.5, 0.6) is 11.5 Å². The summed E-state index contributed by atoms with van der Waals surface area (Å²) < 4.78 is 6.79. The number of Topliss-reactive ketones (excluding diaryl/α,β-unsaturated/α-hetero) is 1. The van der Waals surface area contributed by atoms with Gasteiger partial charge in [0.1, 0.15) is 23.0 Å². The number of hydrogen-bond acceptors (Lipinski definition) is 5. The van der Waals surface area contributed by atoms with Gasteiger partial charge in [-0.3, -0.25) is 9.48 Å². The van der Waals surface area contributed by atoms with Crippen LogP contribution in [0.2, 0.25) is 0 Å². The molecule has 0 aliphatic heterocycles. The molecule has 164 valence electrons. The Labute approximate surface area is 190 Å². The van der Waals surface area contributed by atoms with Crippen LogP contribution in [0.25, 0.3) is 22.3 Å². The second kappa shape index (κ2) is 8.63. The molecule has 7 nitrogen and oxygen atoms in total. The molecule has 33 heavy (non-hydrogen) atoms. The number of para-hydroxylation sites is 2. The van der Waals surface area contributed by atoms with E-state index in [0.29, 0.717) is 18.1 Å². The number of carbonyl (C=O) groups is 1. The van der Waals surface area contributed by atoms with Gasteiger partial charge in [-0.15, -0.1) is 0 Å². The van der Waals surface area contributed by atoms with Gasteiger partial charge in [-0.05, 0) is 29.8 Å². The van der Waals surface area contributed by atoms with E-state index in [0.717, 1.165) is 27.9 Å². The molecule has 0 saturated carbocycles. The molecule has 0 amide bonds. The molecule has 2 heterocycles. The van der Waals surface area contributed by atoms with Crippen LogP contribution in [0, 0.1) is 0 Å². The topological polar surface area (TPSA) is 93.0 Å². The number of H-pyrrole nitrogens is 1. The predicted molar refractivity (Wildman–Crippen MR) is 126 cm³/mol. The van der Waals surface area contributed by atoms with Crippen molar-refractivity contribution in [3.05, 3.63) is 95.9 Å². The van der Waals surface area contributed by atoms with Crippen molar-refractivity contribution in [2.24, 2.45) is 0 Å². The van der Waals surface area contributed by atoms with E-state index < -0.39 is 0 Å². The molecule has 2 aromatic heterocycles. The standard InChI is InChI=1S/C26H22N4O3/c1-33-19-13-11-17(12-14-19)16-30-25(26(32)24(29-30)18-7-3-2-4-8-18)22(31)15-23-27-20-9-5-6-10-21(20)28-23/h2-14,32H,15-16H2,1H3,(H,27,28). The van der Waals surface area contributed by atoms with Gasteiger partial charge in [0.05, 0.1) is 31.1 Å². The summed E-state index contributed by atoms with van der Waals surface area (Å²) >= 11 is 0. The van der Waals surface area contributed by atoms with E-state index in [4.69, 9.17) is 4.74 Å². The van der Waals surface area contributed by atoms with E-state index in [-0.39, 0.29) is 23.6 Å². The van der Waals surface area contributed by atoms with Crippen LogP contribution in [-0.2, 0) is 13.0 Å². The molecule has 3 aromatic carbocycles. The summed E-state index contributed by atoms with van der Waals surface area (Å²) in [5.74, 6) is 0.887. The molecule has 7 heteroatoms. The number of carbonyl (C=O) groups excluding carboxylic acids is 1. The van der Waals surface area contributed by atoms with Crippen molar-refractivity contribution in [2.45, 2.75) is 13.0 Å². The van der Waals surface area contributed by atoms with E-state index in [1.807, 2.05) is 78.9 Å². The zero-order valence-electron chi connectivity index (χ0n) is 18.0. The highest BCUT2D eigenvalue weighted by Crippen LogP contribution is 2.33. The molecule has 2 N–H and O–H groups in total. The molecular formula is C26H22N4O3. The second-order valence-electron chi connectivity index (χ2n) is 7.72. The summed E-state index contributed by atoms with van der Waals surface area (Å²) in [6.07, 6.45) is 0.0186. The highest BCUT2D eigenvalue weighted by molar-refractivity contribution is 6.00. The Bertz CT molecular complexity index is 1390. The maximum atomic E-state index is 13.4. The molecule has 5 aromatic rings. The minimum Gasteiger partial charge on any atom is -0.504 e. The summed E-state index contributed by atoms with van der Waals surface area (Å²) in [5, 5.41) is 15.7. The number of imidazole rings is 1. The quantitative estimate of drug-likeness (QED) is 0.362. The number of ether oxygens (including phenoxy) is 1. The SMILES string of the molecule is COc1ccc(Cn2nc(-c3ccccc3)c(O)c2C(=O)Cc2nc3ccccc3[nH]2)cc1. The van der Waals surface area contributed by atoms with Crippen LogP contribution in [0.1, 0.15) is 21.9 Å². The first-order chi connectivity index (χ1) is 16.1. The van der Waals surface area contributed by atoms with Crippen LogP contribution >= 0.6 is 0 Å². The minimum atomic E-state index is -0.269. The van der Waals surface area contributed by atoms with E-state index in [1.54, 1.807) is 11.8 Å². The maximum absolute atomic E-state index is 13.4. The van der Waals surface area contributed by atoms with Gasteiger partial charge in [0, 0.05) is 5.56 Å². The highest BCUT2D eigenvalue weighted by atomic mass is 16.5. The lowest BCUT2D eigenvalue weighted by Gasteiger charge is -2.08. The molecule has 0 radical (unpaired) electrons. The number of nitrogens with zero attached hydrogens (tertiary/aromatic N) is 3. The van der Waals surface area contributed by atoms with Crippen molar-refractivity contribution < 1.29 is 14.6 Å². The third kappa shape index (κ3) is 4.08. The number of hydrogen-bond donors (Lipinski definition) is 2. The Morgan fingerprint density at radius 2 is 1.73 bits per heavy atom. The van der Waals surface area contributed by atoms with Crippen molar-refractivity contribution in [2.75, 3.05) is 7.11 Å². The summed E-state index contributed by atoms with van der Waals surface area (Å²) in [6.45, 7) is 0.325. The van der Waals surface area contributed by atoms with Crippen LogP contribution in [0.3, 0.4) is 0 Å². The minimum absolute atomic E-state index is 0.0186. The van der Waals surface area contributed by atoms with Gasteiger partial charge >= 0.3 is 0 Å². The fraction of sp³-hybridized carbons (Fsp3) is 0.115. The van der Waals surface area contributed by atoms with Crippen LogP contribution in [-0.4, -0.2) is 37.7 Å². The van der Waals surface area contributed by atoms with E-state index in [2.05, 4.69) is 15.1 Å². The lowest BCUT2D eigenvalue weighted by atomic mass is 10.1. The number of fused-ring (bicyclic) bond motifs is 1. The number of nitrogens with one attached hydrogen (secondary N) is 1. The monoisotopic (exact) mass is 438 g/mol. The predicted octanol–water partition coefficient (Wildman–Crippen LogP) is 4.61. The normalized spacial score (nSPS) is 11.1. The van der Waals surface area contributed by atoms with Gasteiger partial charge in [0.2, 0.25) is 0 Å². The molecule has 0 spiro atoms. The fourth-order valence-corrected chi connectivity index (χ4v) is 3.86. The Kier molecular flexibility index (Phi) is 5.36. The number of methoxy groups -OCH3 is 1. The average molecular weight is 438 g/mol. The first-order valence-corrected chi connectivity index (χ1v) is 10.6. The molecule has 0 aliphatic rings. The number of aromatic hydroxyl groups is 1. The third-order valence-electron chi connectivity index (χ3n) is 5.50. The number of benzene rings is 3. The van der Waals surface area contributed by atoms with Crippen LogP contribution in [0.4, 0.5) is 0 Å². The lowest BCUT2D eigenvalue weighted by Crippen LogP contribution is -2.14. The van der Waals surface area contributed by atoms with Crippen molar-refractivity contribution in [1.29, 1.82) is 0 Å². The van der Waals surface area contributed by atoms with Crippen molar-refractivity contribution in [1.82, 2.24) is 19.7 Å². The number of ketones is 1. The Hall–Kier alpha value is -4.39. The molecule has 0 fully saturated rings. The molecule has 5 rings (SSSR count). The number of aromatic amines is 1. The Balaban J connectivity index is 1.53. The third-order valence-corrected chi connectivity index (χ3v) is 5.50. The number of aromatic nitrogens is 4. The van der Waals surface area contributed by atoms with E-state index in [1.165, 1.54) is 0 Å². The molecule has 0 atom stereocenters. The van der Waals surface area contributed by atoms with Crippen molar-refractivity contribution in [3.8, 4) is 22.8 Å². The molecular weight excluding hydrogens is 416 g/mol. The molecule has 0 saturated heterocycles. The molecule has 0 aliphatic carbocycles. The number of rotatable bonds is 7. The van der Waals surface area contributed by atoms with Gasteiger partial charge in [-0.2, -0.15) is 5.10 Å². The highest BCUT2D eigenvalue weighted by Gasteiger charge is 2.25. The summed E-state index contributed by atoms with van der Waals surface area (Å²) in [5.41, 5.74) is 3.85. The fourth-order valence-electron chi connectivity index (χ4n) is 3.86. The average Bonchev–Trinajstić information content (AvgIpc) is 3.40. The second-order valence-corrected chi connectivity index (χ2v) is 7.72. The zero-order valence-corrected chi connectivity index (χ0v) is 18.0. The first kappa shape index (κ1) is 20.5. The van der Waals surface area contributed by atoms with E-state index >= 15 is 0 Å². The molecule has 0 unspecified atom stereocenters.